The van der Waals surface area contributed by atoms with Gasteiger partial charge in [-0.15, -0.1) is 0 Å². The maximum absolute atomic E-state index is 11.9. The molecule has 2 fully saturated rings. The topological polar surface area (TPSA) is 70.7 Å². The minimum Gasteiger partial charge on any atom is -0.373 e. The molecule has 6 nitrogen and oxygen atoms in total. The molecular formula is C13H23N3O3S. The Hall–Kier alpha value is -0.790. The predicted molar refractivity (Wildman–Crippen MR) is 78.8 cm³/mol. The highest BCUT2D eigenvalue weighted by atomic mass is 32.1. The zero-order valence-electron chi connectivity index (χ0n) is 11.8. The van der Waals surface area contributed by atoms with Crippen LogP contribution in [0.4, 0.5) is 0 Å². The lowest BCUT2D eigenvalue weighted by Gasteiger charge is -2.35. The molecule has 3 atom stereocenters. The zero-order valence-corrected chi connectivity index (χ0v) is 12.7. The van der Waals surface area contributed by atoms with Crippen molar-refractivity contribution >= 4 is 24.4 Å². The van der Waals surface area contributed by atoms with Crippen molar-refractivity contribution in [1.82, 2.24) is 15.5 Å². The maximum Gasteiger partial charge on any atom is 0.243 e. The first kappa shape index (κ1) is 15.6. The second-order valence-corrected chi connectivity index (χ2v) is 5.79. The second-order valence-electron chi connectivity index (χ2n) is 5.43. The summed E-state index contributed by atoms with van der Waals surface area (Å²) in [5, 5.41) is 5.41. The number of hydrogen-bond acceptors (Lipinski definition) is 5. The van der Waals surface area contributed by atoms with Crippen molar-refractivity contribution in [2.75, 3.05) is 32.0 Å². The number of thiol groups is 1. The molecule has 2 saturated heterocycles. The molecular weight excluding hydrogens is 278 g/mol. The molecule has 0 spiro atoms. The molecule has 114 valence electrons. The smallest absolute Gasteiger partial charge is 0.243 e. The quantitative estimate of drug-likeness (QED) is 0.593. The van der Waals surface area contributed by atoms with E-state index in [0.717, 1.165) is 19.7 Å². The van der Waals surface area contributed by atoms with Crippen LogP contribution in [0.1, 0.15) is 19.8 Å². The standard InChI is InChI=1S/C13H23N3O3S/c1-9(17)15-12(8-20)13(18)14-5-11-6-16-4-2-3-10(16)7-19-11/h10-12,20H,2-8H2,1H3,(H,14,18)(H,15,17). The number of morpholine rings is 1. The van der Waals surface area contributed by atoms with Gasteiger partial charge >= 0.3 is 0 Å². The van der Waals surface area contributed by atoms with Crippen molar-refractivity contribution in [3.63, 3.8) is 0 Å². The van der Waals surface area contributed by atoms with Crippen LogP contribution in [0.25, 0.3) is 0 Å². The lowest BCUT2D eigenvalue weighted by Crippen LogP contribution is -2.53. The third-order valence-corrected chi connectivity index (χ3v) is 4.21. The Kier molecular flexibility index (Phi) is 5.68. The van der Waals surface area contributed by atoms with Gasteiger partial charge in [0, 0.05) is 31.8 Å². The second kappa shape index (κ2) is 7.28. The van der Waals surface area contributed by atoms with Crippen molar-refractivity contribution in [2.45, 2.75) is 38.0 Å². The van der Waals surface area contributed by atoms with E-state index in [1.54, 1.807) is 0 Å². The molecule has 20 heavy (non-hydrogen) atoms. The van der Waals surface area contributed by atoms with E-state index in [1.165, 1.54) is 19.8 Å². The number of hydrogen-bond donors (Lipinski definition) is 3. The van der Waals surface area contributed by atoms with Crippen LogP contribution in [0.2, 0.25) is 0 Å². The molecule has 7 heteroatoms. The number of carbonyl (C=O) groups is 2. The number of ether oxygens (including phenoxy) is 1. The van der Waals surface area contributed by atoms with Crippen molar-refractivity contribution in [2.24, 2.45) is 0 Å². The Labute approximate surface area is 125 Å². The average molecular weight is 301 g/mol. The number of amides is 2. The molecule has 0 aliphatic carbocycles. The fourth-order valence-electron chi connectivity index (χ4n) is 2.79. The van der Waals surface area contributed by atoms with Gasteiger partial charge in [-0.25, -0.2) is 0 Å². The normalized spacial score (nSPS) is 27.7. The molecule has 2 heterocycles. The molecule has 0 aromatic heterocycles. The molecule has 2 N–H and O–H groups in total. The highest BCUT2D eigenvalue weighted by Crippen LogP contribution is 2.22. The van der Waals surface area contributed by atoms with Gasteiger partial charge in [-0.3, -0.25) is 14.5 Å². The predicted octanol–water partition coefficient (Wildman–Crippen LogP) is -0.600. The van der Waals surface area contributed by atoms with Gasteiger partial charge in [-0.05, 0) is 19.4 Å². The molecule has 3 unspecified atom stereocenters. The van der Waals surface area contributed by atoms with Crippen LogP contribution < -0.4 is 10.6 Å². The summed E-state index contributed by atoms with van der Waals surface area (Å²) in [6, 6.07) is -0.0227. The summed E-state index contributed by atoms with van der Waals surface area (Å²) in [6.07, 6.45) is 2.48. The number of fused-ring (bicyclic) bond motifs is 1. The number of nitrogens with one attached hydrogen (secondary N) is 2. The van der Waals surface area contributed by atoms with E-state index in [0.29, 0.717) is 12.6 Å². The van der Waals surface area contributed by atoms with Crippen LogP contribution in [-0.2, 0) is 14.3 Å². The van der Waals surface area contributed by atoms with E-state index < -0.39 is 6.04 Å². The lowest BCUT2D eigenvalue weighted by atomic mass is 10.2. The molecule has 0 saturated carbocycles. The molecule has 0 aromatic carbocycles. The summed E-state index contributed by atoms with van der Waals surface area (Å²) in [5.74, 6) is -0.152. The summed E-state index contributed by atoms with van der Waals surface area (Å²) < 4.78 is 5.77. The van der Waals surface area contributed by atoms with Crippen LogP contribution in [0, 0.1) is 0 Å². The first-order chi connectivity index (χ1) is 9.60. The van der Waals surface area contributed by atoms with Gasteiger partial charge in [-0.2, -0.15) is 12.6 Å². The van der Waals surface area contributed by atoms with Crippen molar-refractivity contribution in [3.8, 4) is 0 Å². The van der Waals surface area contributed by atoms with Crippen molar-refractivity contribution < 1.29 is 14.3 Å². The molecule has 0 radical (unpaired) electrons. The van der Waals surface area contributed by atoms with E-state index in [1.807, 2.05) is 0 Å². The summed E-state index contributed by atoms with van der Waals surface area (Å²) in [4.78, 5) is 25.4. The zero-order chi connectivity index (χ0) is 14.5. The molecule has 2 aliphatic rings. The monoisotopic (exact) mass is 301 g/mol. The van der Waals surface area contributed by atoms with Crippen LogP contribution in [-0.4, -0.2) is 66.9 Å². The Morgan fingerprint density at radius 3 is 3.00 bits per heavy atom. The van der Waals surface area contributed by atoms with Gasteiger partial charge in [0.15, 0.2) is 0 Å². The van der Waals surface area contributed by atoms with Crippen LogP contribution in [0.15, 0.2) is 0 Å². The Morgan fingerprint density at radius 1 is 1.50 bits per heavy atom. The number of nitrogens with zero attached hydrogens (tertiary/aromatic N) is 1. The van der Waals surface area contributed by atoms with E-state index in [9.17, 15) is 9.59 Å². The van der Waals surface area contributed by atoms with Gasteiger partial charge in [0.25, 0.3) is 0 Å². The molecule has 0 aromatic rings. The molecule has 0 bridgehead atoms. The summed E-state index contributed by atoms with van der Waals surface area (Å²) in [5.41, 5.74) is 0. The van der Waals surface area contributed by atoms with Crippen LogP contribution in [0.5, 0.6) is 0 Å². The Bertz CT molecular complexity index is 367. The SMILES string of the molecule is CC(=O)NC(CS)C(=O)NCC1CN2CCCC2CO1. The molecule has 2 amide bonds. The van der Waals surface area contributed by atoms with E-state index in [4.69, 9.17) is 4.74 Å². The van der Waals surface area contributed by atoms with Gasteiger partial charge < -0.3 is 15.4 Å². The Balaban J connectivity index is 1.74. The number of rotatable bonds is 5. The summed E-state index contributed by atoms with van der Waals surface area (Å²) in [6.45, 7) is 4.62. The third kappa shape index (κ3) is 4.10. The van der Waals surface area contributed by atoms with E-state index >= 15 is 0 Å². The highest BCUT2D eigenvalue weighted by molar-refractivity contribution is 7.80. The molecule has 2 rings (SSSR count). The minimum absolute atomic E-state index is 0.0335. The van der Waals surface area contributed by atoms with E-state index in [-0.39, 0.29) is 23.7 Å². The van der Waals surface area contributed by atoms with Gasteiger partial charge in [0.05, 0.1) is 12.7 Å². The first-order valence-corrected chi connectivity index (χ1v) is 7.74. The lowest BCUT2D eigenvalue weighted by molar-refractivity contribution is -0.128. The van der Waals surface area contributed by atoms with Gasteiger partial charge in [-0.1, -0.05) is 0 Å². The van der Waals surface area contributed by atoms with E-state index in [2.05, 4.69) is 28.2 Å². The van der Waals surface area contributed by atoms with Crippen LogP contribution in [0.3, 0.4) is 0 Å². The summed E-state index contributed by atoms with van der Waals surface area (Å²) in [7, 11) is 0. The average Bonchev–Trinajstić information content (AvgIpc) is 2.89. The van der Waals surface area contributed by atoms with Crippen LogP contribution >= 0.6 is 12.6 Å². The maximum atomic E-state index is 11.9. The highest BCUT2D eigenvalue weighted by Gasteiger charge is 2.32. The Morgan fingerprint density at radius 2 is 2.30 bits per heavy atom. The summed E-state index contributed by atoms with van der Waals surface area (Å²) >= 11 is 4.08. The number of carbonyl (C=O) groups excluding carboxylic acids is 2. The van der Waals surface area contributed by atoms with Gasteiger partial charge in [0.2, 0.25) is 11.8 Å². The third-order valence-electron chi connectivity index (χ3n) is 3.84. The van der Waals surface area contributed by atoms with Crippen molar-refractivity contribution in [3.05, 3.63) is 0 Å². The first-order valence-electron chi connectivity index (χ1n) is 7.11. The fourth-order valence-corrected chi connectivity index (χ4v) is 3.04. The largest absolute Gasteiger partial charge is 0.373 e. The minimum atomic E-state index is -0.584. The van der Waals surface area contributed by atoms with Crippen molar-refractivity contribution in [1.29, 1.82) is 0 Å². The van der Waals surface area contributed by atoms with Gasteiger partial charge in [0.1, 0.15) is 6.04 Å². The molecule has 2 aliphatic heterocycles. The fraction of sp³-hybridized carbons (Fsp3) is 0.846.